The summed E-state index contributed by atoms with van der Waals surface area (Å²) in [5.41, 5.74) is 1.91. The minimum atomic E-state index is -0.846. The van der Waals surface area contributed by atoms with Crippen LogP contribution in [-0.4, -0.2) is 53.4 Å². The number of aliphatic hydroxyl groups is 1. The Balaban J connectivity index is 1.27. The molecule has 2 fully saturated rings. The SMILES string of the molecule is O=C(C1C[C@H]1c1ccccc1)N1CCO[C@H](CNC(O)c2ccc(O)cc2)C1. The van der Waals surface area contributed by atoms with Gasteiger partial charge >= 0.3 is 0 Å². The molecule has 0 radical (unpaired) electrons. The fourth-order valence-electron chi connectivity index (χ4n) is 3.83. The van der Waals surface area contributed by atoms with E-state index < -0.39 is 6.23 Å². The Kier molecular flexibility index (Phi) is 5.62. The lowest BCUT2D eigenvalue weighted by Crippen LogP contribution is -2.49. The molecule has 28 heavy (non-hydrogen) atoms. The summed E-state index contributed by atoms with van der Waals surface area (Å²) in [6.45, 7) is 2.11. The highest BCUT2D eigenvalue weighted by molar-refractivity contribution is 5.83. The first-order chi connectivity index (χ1) is 13.6. The zero-order chi connectivity index (χ0) is 19.5. The quantitative estimate of drug-likeness (QED) is 0.666. The normalized spacial score (nSPS) is 25.3. The third-order valence-electron chi connectivity index (χ3n) is 5.53. The number of carbonyl (C=O) groups excluding carboxylic acids is 1. The minimum absolute atomic E-state index is 0.0803. The van der Waals surface area contributed by atoms with Crippen molar-refractivity contribution in [3.8, 4) is 5.75 Å². The second-order valence-electron chi connectivity index (χ2n) is 7.54. The zero-order valence-electron chi connectivity index (χ0n) is 15.7. The Labute approximate surface area is 164 Å². The summed E-state index contributed by atoms with van der Waals surface area (Å²) >= 11 is 0. The van der Waals surface area contributed by atoms with Gasteiger partial charge in [0, 0.05) is 25.6 Å². The van der Waals surface area contributed by atoms with E-state index in [2.05, 4.69) is 17.4 Å². The number of amides is 1. The first-order valence-corrected chi connectivity index (χ1v) is 9.77. The number of ether oxygens (including phenoxy) is 1. The van der Waals surface area contributed by atoms with E-state index in [9.17, 15) is 15.0 Å². The van der Waals surface area contributed by atoms with Crippen molar-refractivity contribution in [2.45, 2.75) is 24.7 Å². The fourth-order valence-corrected chi connectivity index (χ4v) is 3.83. The van der Waals surface area contributed by atoms with Crippen molar-refractivity contribution in [2.75, 3.05) is 26.2 Å². The lowest BCUT2D eigenvalue weighted by molar-refractivity contribution is -0.140. The van der Waals surface area contributed by atoms with Crippen molar-refractivity contribution in [1.82, 2.24) is 10.2 Å². The summed E-state index contributed by atoms with van der Waals surface area (Å²) in [6.07, 6.45) is -0.0811. The number of phenols is 1. The van der Waals surface area contributed by atoms with Gasteiger partial charge in [-0.2, -0.15) is 0 Å². The Hall–Kier alpha value is -2.41. The Morgan fingerprint density at radius 1 is 1.18 bits per heavy atom. The second kappa shape index (κ2) is 8.31. The molecule has 0 spiro atoms. The van der Waals surface area contributed by atoms with Crippen LogP contribution in [0.2, 0.25) is 0 Å². The van der Waals surface area contributed by atoms with Gasteiger partial charge in [0.15, 0.2) is 0 Å². The van der Waals surface area contributed by atoms with Crippen LogP contribution in [0.25, 0.3) is 0 Å². The highest BCUT2D eigenvalue weighted by Crippen LogP contribution is 2.48. The molecule has 4 rings (SSSR count). The largest absolute Gasteiger partial charge is 0.508 e. The van der Waals surface area contributed by atoms with Crippen LogP contribution in [0.1, 0.15) is 29.7 Å². The molecule has 2 unspecified atom stereocenters. The molecule has 1 saturated carbocycles. The standard InChI is InChI=1S/C22H26N2O4/c25-17-8-6-16(7-9-17)21(26)23-13-18-14-24(10-11-28-18)22(27)20-12-19(20)15-4-2-1-3-5-15/h1-9,18-21,23,25-26H,10-14H2/t18-,19+,20?,21?/m1/s1. The van der Waals surface area contributed by atoms with Crippen molar-refractivity contribution >= 4 is 5.91 Å². The molecule has 3 N–H and O–H groups in total. The molecule has 2 aromatic rings. The summed E-state index contributed by atoms with van der Waals surface area (Å²) < 4.78 is 5.77. The number of carbonyl (C=O) groups is 1. The van der Waals surface area contributed by atoms with Gasteiger partial charge in [0.05, 0.1) is 12.7 Å². The van der Waals surface area contributed by atoms with Crippen LogP contribution in [0.5, 0.6) is 5.75 Å². The average Bonchev–Trinajstić information content (AvgIpc) is 3.54. The molecule has 1 aliphatic carbocycles. The second-order valence-corrected chi connectivity index (χ2v) is 7.54. The smallest absolute Gasteiger partial charge is 0.226 e. The number of aliphatic hydroxyl groups excluding tert-OH is 1. The maximum atomic E-state index is 12.9. The van der Waals surface area contributed by atoms with Gasteiger partial charge in [0.25, 0.3) is 0 Å². The lowest BCUT2D eigenvalue weighted by atomic mass is 10.1. The number of benzene rings is 2. The van der Waals surface area contributed by atoms with Gasteiger partial charge in [-0.05, 0) is 35.6 Å². The molecule has 1 saturated heterocycles. The third-order valence-corrected chi connectivity index (χ3v) is 5.53. The van der Waals surface area contributed by atoms with Gasteiger partial charge < -0.3 is 19.8 Å². The van der Waals surface area contributed by atoms with E-state index in [0.717, 1.165) is 6.42 Å². The van der Waals surface area contributed by atoms with Crippen molar-refractivity contribution < 1.29 is 19.7 Å². The summed E-state index contributed by atoms with van der Waals surface area (Å²) in [5.74, 6) is 0.789. The summed E-state index contributed by atoms with van der Waals surface area (Å²) in [6, 6.07) is 16.6. The van der Waals surface area contributed by atoms with Gasteiger partial charge in [0.2, 0.25) is 5.91 Å². The molecule has 148 valence electrons. The predicted molar refractivity (Wildman–Crippen MR) is 105 cm³/mol. The van der Waals surface area contributed by atoms with E-state index >= 15 is 0 Å². The van der Waals surface area contributed by atoms with E-state index in [-0.39, 0.29) is 23.7 Å². The van der Waals surface area contributed by atoms with Gasteiger partial charge in [-0.25, -0.2) is 0 Å². The monoisotopic (exact) mass is 382 g/mol. The minimum Gasteiger partial charge on any atom is -0.508 e. The molecule has 6 heteroatoms. The molecule has 0 bridgehead atoms. The first-order valence-electron chi connectivity index (χ1n) is 9.77. The number of morpholine rings is 1. The predicted octanol–water partition coefficient (Wildman–Crippen LogP) is 2.00. The summed E-state index contributed by atoms with van der Waals surface area (Å²) in [5, 5.41) is 22.6. The van der Waals surface area contributed by atoms with Crippen LogP contribution in [0.15, 0.2) is 54.6 Å². The number of aromatic hydroxyl groups is 1. The number of rotatable bonds is 6. The number of hydrogen-bond donors (Lipinski definition) is 3. The lowest BCUT2D eigenvalue weighted by Gasteiger charge is -2.33. The van der Waals surface area contributed by atoms with Crippen molar-refractivity contribution in [1.29, 1.82) is 0 Å². The molecule has 6 nitrogen and oxygen atoms in total. The van der Waals surface area contributed by atoms with Crippen molar-refractivity contribution in [3.05, 3.63) is 65.7 Å². The molecule has 2 aliphatic rings. The molecule has 4 atom stereocenters. The molecule has 1 amide bonds. The molecule has 0 aromatic heterocycles. The van der Waals surface area contributed by atoms with Crippen molar-refractivity contribution in [2.24, 2.45) is 5.92 Å². The van der Waals surface area contributed by atoms with Crippen LogP contribution < -0.4 is 5.32 Å². The van der Waals surface area contributed by atoms with Gasteiger partial charge in [0.1, 0.15) is 12.0 Å². The van der Waals surface area contributed by atoms with Crippen LogP contribution >= 0.6 is 0 Å². The number of nitrogens with one attached hydrogen (secondary N) is 1. The highest BCUT2D eigenvalue weighted by Gasteiger charge is 2.46. The summed E-state index contributed by atoms with van der Waals surface area (Å²) in [7, 11) is 0. The molecule has 2 aromatic carbocycles. The van der Waals surface area contributed by atoms with E-state index in [1.165, 1.54) is 17.7 Å². The average molecular weight is 382 g/mol. The number of hydrogen-bond acceptors (Lipinski definition) is 5. The number of nitrogens with zero attached hydrogens (tertiary/aromatic N) is 1. The van der Waals surface area contributed by atoms with Gasteiger partial charge in [-0.1, -0.05) is 42.5 Å². The Morgan fingerprint density at radius 2 is 1.93 bits per heavy atom. The molecular formula is C22H26N2O4. The highest BCUT2D eigenvalue weighted by atomic mass is 16.5. The van der Waals surface area contributed by atoms with E-state index in [1.807, 2.05) is 23.1 Å². The third kappa shape index (κ3) is 4.35. The molecule has 1 heterocycles. The Morgan fingerprint density at radius 3 is 2.68 bits per heavy atom. The van der Waals surface area contributed by atoms with Crippen LogP contribution in [0.3, 0.4) is 0 Å². The van der Waals surface area contributed by atoms with Crippen LogP contribution in [0.4, 0.5) is 0 Å². The fraction of sp³-hybridized carbons (Fsp3) is 0.409. The van der Waals surface area contributed by atoms with E-state index in [1.54, 1.807) is 12.1 Å². The number of phenolic OH excluding ortho intramolecular Hbond substituents is 1. The van der Waals surface area contributed by atoms with E-state index in [4.69, 9.17) is 4.74 Å². The molecular weight excluding hydrogens is 356 g/mol. The van der Waals surface area contributed by atoms with Gasteiger partial charge in [-0.3, -0.25) is 10.1 Å². The first kappa shape index (κ1) is 18.9. The Bertz CT molecular complexity index is 796. The van der Waals surface area contributed by atoms with Crippen LogP contribution in [-0.2, 0) is 9.53 Å². The maximum absolute atomic E-state index is 12.9. The van der Waals surface area contributed by atoms with Crippen molar-refractivity contribution in [3.63, 3.8) is 0 Å². The topological polar surface area (TPSA) is 82.0 Å². The maximum Gasteiger partial charge on any atom is 0.226 e. The summed E-state index contributed by atoms with van der Waals surface area (Å²) in [4.78, 5) is 14.8. The van der Waals surface area contributed by atoms with E-state index in [0.29, 0.717) is 37.7 Å². The van der Waals surface area contributed by atoms with Gasteiger partial charge in [-0.15, -0.1) is 0 Å². The van der Waals surface area contributed by atoms with Crippen LogP contribution in [0, 0.1) is 5.92 Å². The zero-order valence-corrected chi connectivity index (χ0v) is 15.7. The molecule has 1 aliphatic heterocycles.